The van der Waals surface area contributed by atoms with E-state index >= 15 is 0 Å². The molecule has 0 spiro atoms. The number of benzene rings is 1. The van der Waals surface area contributed by atoms with Gasteiger partial charge in [0.2, 0.25) is 0 Å². The lowest BCUT2D eigenvalue weighted by atomic mass is 10.2. The van der Waals surface area contributed by atoms with Gasteiger partial charge in [-0.2, -0.15) is 0 Å². The molecule has 0 bridgehead atoms. The number of amides is 1. The second-order valence-electron chi connectivity index (χ2n) is 5.49. The number of hydrogen-bond acceptors (Lipinski definition) is 6. The Hall–Kier alpha value is -3.29. The van der Waals surface area contributed by atoms with Crippen LogP contribution in [-0.2, 0) is 13.7 Å². The molecule has 0 fully saturated rings. The van der Waals surface area contributed by atoms with E-state index in [0.29, 0.717) is 23.7 Å². The van der Waals surface area contributed by atoms with E-state index in [2.05, 4.69) is 25.8 Å². The van der Waals surface area contributed by atoms with Crippen molar-refractivity contribution in [1.29, 1.82) is 0 Å². The summed E-state index contributed by atoms with van der Waals surface area (Å²) in [4.78, 5) is 16.5. The van der Waals surface area contributed by atoms with Gasteiger partial charge in [-0.05, 0) is 53.7 Å². The van der Waals surface area contributed by atoms with Crippen LogP contribution < -0.4 is 10.1 Å². The number of aryl methyl sites for hydroxylation is 1. The summed E-state index contributed by atoms with van der Waals surface area (Å²) in [5.41, 5.74) is 1.38. The van der Waals surface area contributed by atoms with Crippen LogP contribution in [0, 0.1) is 0 Å². The number of tetrazole rings is 1. The van der Waals surface area contributed by atoms with Gasteiger partial charge >= 0.3 is 0 Å². The van der Waals surface area contributed by atoms with Crippen LogP contribution in [0.4, 0.5) is 0 Å². The Bertz CT molecular complexity index is 832. The van der Waals surface area contributed by atoms with Crippen molar-refractivity contribution in [3.8, 4) is 5.75 Å². The van der Waals surface area contributed by atoms with Crippen molar-refractivity contribution < 1.29 is 9.53 Å². The largest absolute Gasteiger partial charge is 0.487 e. The highest BCUT2D eigenvalue weighted by atomic mass is 16.5. The number of carbonyl (C=O) groups is 1. The first-order chi connectivity index (χ1) is 12.1. The summed E-state index contributed by atoms with van der Waals surface area (Å²) in [7, 11) is 1.73. The Morgan fingerprint density at radius 3 is 2.68 bits per heavy atom. The van der Waals surface area contributed by atoms with Crippen LogP contribution in [0.5, 0.6) is 5.75 Å². The van der Waals surface area contributed by atoms with Crippen LogP contribution in [0.3, 0.4) is 0 Å². The first-order valence-corrected chi connectivity index (χ1v) is 7.79. The van der Waals surface area contributed by atoms with Crippen LogP contribution in [0.1, 0.15) is 34.8 Å². The fourth-order valence-electron chi connectivity index (χ4n) is 2.29. The number of nitrogens with zero attached hydrogens (tertiary/aromatic N) is 5. The molecule has 0 aliphatic carbocycles. The molecule has 0 unspecified atom stereocenters. The van der Waals surface area contributed by atoms with Gasteiger partial charge in [0.15, 0.2) is 5.82 Å². The van der Waals surface area contributed by atoms with Crippen LogP contribution in [0.25, 0.3) is 0 Å². The lowest BCUT2D eigenvalue weighted by molar-refractivity contribution is 0.0937. The van der Waals surface area contributed by atoms with E-state index in [1.807, 2.05) is 25.1 Å². The molecule has 3 rings (SSSR count). The van der Waals surface area contributed by atoms with Crippen LogP contribution >= 0.6 is 0 Å². The molecule has 0 saturated heterocycles. The van der Waals surface area contributed by atoms with Gasteiger partial charge in [0.25, 0.3) is 5.91 Å². The van der Waals surface area contributed by atoms with Crippen molar-refractivity contribution in [2.75, 3.05) is 0 Å². The number of carbonyl (C=O) groups excluding carboxylic acids is 1. The zero-order valence-electron chi connectivity index (χ0n) is 14.0. The summed E-state index contributed by atoms with van der Waals surface area (Å²) in [6.07, 6.45) is 1.72. The molecule has 1 aromatic carbocycles. The van der Waals surface area contributed by atoms with E-state index in [9.17, 15) is 4.79 Å². The Balaban J connectivity index is 1.58. The fourth-order valence-corrected chi connectivity index (χ4v) is 2.29. The molecule has 0 radical (unpaired) electrons. The van der Waals surface area contributed by atoms with Crippen molar-refractivity contribution in [3.05, 3.63) is 65.7 Å². The summed E-state index contributed by atoms with van der Waals surface area (Å²) in [5, 5.41) is 14.1. The normalized spacial score (nSPS) is 11.8. The summed E-state index contributed by atoms with van der Waals surface area (Å²) >= 11 is 0. The molecule has 25 heavy (non-hydrogen) atoms. The third kappa shape index (κ3) is 4.17. The minimum absolute atomic E-state index is 0.202. The minimum atomic E-state index is -0.299. The van der Waals surface area contributed by atoms with E-state index in [-0.39, 0.29) is 11.9 Å². The molecule has 8 heteroatoms. The molecule has 2 aromatic heterocycles. The highest BCUT2D eigenvalue weighted by Gasteiger charge is 2.16. The Morgan fingerprint density at radius 2 is 2.04 bits per heavy atom. The minimum Gasteiger partial charge on any atom is -0.487 e. The third-order valence-electron chi connectivity index (χ3n) is 3.62. The monoisotopic (exact) mass is 338 g/mol. The van der Waals surface area contributed by atoms with Crippen LogP contribution in [0.15, 0.2) is 48.7 Å². The number of nitrogens with one attached hydrogen (secondary N) is 1. The van der Waals surface area contributed by atoms with Crippen molar-refractivity contribution in [3.63, 3.8) is 0 Å². The highest BCUT2D eigenvalue weighted by Crippen LogP contribution is 2.15. The summed E-state index contributed by atoms with van der Waals surface area (Å²) < 4.78 is 7.19. The van der Waals surface area contributed by atoms with Crippen molar-refractivity contribution in [2.24, 2.45) is 7.05 Å². The van der Waals surface area contributed by atoms with Gasteiger partial charge in [0, 0.05) is 18.8 Å². The van der Waals surface area contributed by atoms with Gasteiger partial charge in [-0.1, -0.05) is 6.07 Å². The number of hydrogen-bond donors (Lipinski definition) is 1. The average Bonchev–Trinajstić information content (AvgIpc) is 3.07. The van der Waals surface area contributed by atoms with Gasteiger partial charge in [-0.15, -0.1) is 5.10 Å². The van der Waals surface area contributed by atoms with E-state index in [1.54, 1.807) is 37.5 Å². The lowest BCUT2D eigenvalue weighted by Gasteiger charge is -2.12. The lowest BCUT2D eigenvalue weighted by Crippen LogP contribution is -2.28. The van der Waals surface area contributed by atoms with Crippen molar-refractivity contribution in [1.82, 2.24) is 30.5 Å². The standard InChI is InChI=1S/C17H18N6O2/c1-12(16-20-21-22-23(16)2)19-17(24)13-6-8-15(9-7-13)25-11-14-5-3-4-10-18-14/h3-10,12H,11H2,1-2H3,(H,19,24)/t12-/m1/s1. The topological polar surface area (TPSA) is 94.8 Å². The van der Waals surface area contributed by atoms with E-state index in [4.69, 9.17) is 4.74 Å². The van der Waals surface area contributed by atoms with Crippen molar-refractivity contribution in [2.45, 2.75) is 19.6 Å². The molecule has 0 aliphatic heterocycles. The maximum atomic E-state index is 12.3. The Morgan fingerprint density at radius 1 is 1.24 bits per heavy atom. The zero-order chi connectivity index (χ0) is 17.6. The Kier molecular flexibility index (Phi) is 4.98. The molecule has 1 amide bonds. The van der Waals surface area contributed by atoms with Gasteiger partial charge in [-0.25, -0.2) is 4.68 Å². The average molecular weight is 338 g/mol. The first-order valence-electron chi connectivity index (χ1n) is 7.79. The van der Waals surface area contributed by atoms with E-state index < -0.39 is 0 Å². The van der Waals surface area contributed by atoms with Gasteiger partial charge < -0.3 is 10.1 Å². The quantitative estimate of drug-likeness (QED) is 0.735. The van der Waals surface area contributed by atoms with Crippen LogP contribution in [-0.4, -0.2) is 31.1 Å². The van der Waals surface area contributed by atoms with Gasteiger partial charge in [-0.3, -0.25) is 9.78 Å². The third-order valence-corrected chi connectivity index (χ3v) is 3.62. The maximum Gasteiger partial charge on any atom is 0.251 e. The zero-order valence-corrected chi connectivity index (χ0v) is 14.0. The van der Waals surface area contributed by atoms with E-state index in [0.717, 1.165) is 5.69 Å². The number of ether oxygens (including phenoxy) is 1. The van der Waals surface area contributed by atoms with E-state index in [1.165, 1.54) is 4.68 Å². The predicted octanol–water partition coefficient (Wildman–Crippen LogP) is 1.68. The Labute approximate surface area is 144 Å². The molecular formula is C17H18N6O2. The summed E-state index contributed by atoms with van der Waals surface area (Å²) in [6.45, 7) is 2.20. The maximum absolute atomic E-state index is 12.3. The second kappa shape index (κ2) is 7.52. The summed E-state index contributed by atoms with van der Waals surface area (Å²) in [6, 6.07) is 12.3. The van der Waals surface area contributed by atoms with Gasteiger partial charge in [0.05, 0.1) is 11.7 Å². The predicted molar refractivity (Wildman–Crippen MR) is 89.7 cm³/mol. The second-order valence-corrected chi connectivity index (χ2v) is 5.49. The molecule has 1 atom stereocenters. The first kappa shape index (κ1) is 16.6. The molecule has 8 nitrogen and oxygen atoms in total. The fraction of sp³-hybridized carbons (Fsp3) is 0.235. The molecule has 3 aromatic rings. The molecular weight excluding hydrogens is 320 g/mol. The SMILES string of the molecule is C[C@@H](NC(=O)c1ccc(OCc2ccccn2)cc1)c1nnnn1C. The molecule has 128 valence electrons. The smallest absolute Gasteiger partial charge is 0.251 e. The summed E-state index contributed by atoms with van der Waals surface area (Å²) in [5.74, 6) is 1.06. The molecule has 2 heterocycles. The highest BCUT2D eigenvalue weighted by molar-refractivity contribution is 5.94. The van der Waals surface area contributed by atoms with Crippen molar-refractivity contribution >= 4 is 5.91 Å². The molecule has 1 N–H and O–H groups in total. The van der Waals surface area contributed by atoms with Crippen LogP contribution in [0.2, 0.25) is 0 Å². The number of aromatic nitrogens is 5. The number of rotatable bonds is 6. The molecule has 0 saturated carbocycles. The molecule has 0 aliphatic rings. The number of pyridine rings is 1. The van der Waals surface area contributed by atoms with Gasteiger partial charge in [0.1, 0.15) is 12.4 Å².